The number of carbonyl (C=O) groups is 2. The Morgan fingerprint density at radius 1 is 1.33 bits per heavy atom. The first-order chi connectivity index (χ1) is 12.9. The third kappa shape index (κ3) is 5.80. The van der Waals surface area contributed by atoms with Crippen molar-refractivity contribution in [2.24, 2.45) is 0 Å². The Labute approximate surface area is 158 Å². The molecule has 1 unspecified atom stereocenters. The maximum atomic E-state index is 12.2. The molecule has 0 bridgehead atoms. The number of anilines is 1. The molecule has 1 aromatic carbocycles. The van der Waals surface area contributed by atoms with Gasteiger partial charge in [-0.05, 0) is 51.2 Å². The molecule has 0 aliphatic heterocycles. The van der Waals surface area contributed by atoms with Crippen molar-refractivity contribution in [3.63, 3.8) is 0 Å². The van der Waals surface area contributed by atoms with Crippen LogP contribution in [0.15, 0.2) is 29.8 Å². The van der Waals surface area contributed by atoms with E-state index < -0.39 is 17.0 Å². The summed E-state index contributed by atoms with van der Waals surface area (Å²) in [6, 6.07) is 3.98. The zero-order valence-electron chi connectivity index (χ0n) is 15.6. The highest BCUT2D eigenvalue weighted by Crippen LogP contribution is 2.25. The fourth-order valence-corrected chi connectivity index (χ4v) is 2.92. The number of nitro benzene ring substituents is 1. The van der Waals surface area contributed by atoms with Crippen molar-refractivity contribution < 1.29 is 19.2 Å². The molecule has 146 valence electrons. The van der Waals surface area contributed by atoms with E-state index >= 15 is 0 Å². The smallest absolute Gasteiger partial charge is 0.339 e. The van der Waals surface area contributed by atoms with Gasteiger partial charge >= 0.3 is 5.97 Å². The Bertz CT molecular complexity index is 745. The minimum atomic E-state index is -0.985. The number of benzene rings is 1. The summed E-state index contributed by atoms with van der Waals surface area (Å²) in [5, 5.41) is 16.5. The summed E-state index contributed by atoms with van der Waals surface area (Å²) in [5.41, 5.74) is 1.43. The fourth-order valence-electron chi connectivity index (χ4n) is 2.92. The third-order valence-corrected chi connectivity index (χ3v) is 4.48. The Hall–Kier alpha value is -2.90. The van der Waals surface area contributed by atoms with E-state index in [9.17, 15) is 19.7 Å². The molecule has 27 heavy (non-hydrogen) atoms. The summed E-state index contributed by atoms with van der Waals surface area (Å²) in [4.78, 5) is 34.8. The van der Waals surface area contributed by atoms with Crippen LogP contribution in [0, 0.1) is 10.1 Å². The van der Waals surface area contributed by atoms with E-state index in [1.54, 1.807) is 7.05 Å². The van der Waals surface area contributed by atoms with Gasteiger partial charge in [-0.1, -0.05) is 11.6 Å². The summed E-state index contributed by atoms with van der Waals surface area (Å²) in [6.45, 7) is 1.97. The van der Waals surface area contributed by atoms with Gasteiger partial charge in [0.1, 0.15) is 5.69 Å². The lowest BCUT2D eigenvalue weighted by molar-refractivity contribution is -0.384. The van der Waals surface area contributed by atoms with Crippen LogP contribution in [0.5, 0.6) is 0 Å². The molecule has 0 aromatic heterocycles. The zero-order valence-corrected chi connectivity index (χ0v) is 15.6. The number of carbonyl (C=O) groups excluding carboxylic acids is 2. The highest BCUT2D eigenvalue weighted by molar-refractivity contribution is 5.93. The van der Waals surface area contributed by atoms with E-state index in [2.05, 4.69) is 16.7 Å². The van der Waals surface area contributed by atoms with E-state index in [1.165, 1.54) is 37.5 Å². The number of ether oxygens (including phenoxy) is 1. The average Bonchev–Trinajstić information content (AvgIpc) is 2.67. The summed E-state index contributed by atoms with van der Waals surface area (Å²) < 4.78 is 5.14. The molecule has 1 amide bonds. The second kappa shape index (κ2) is 9.70. The Morgan fingerprint density at radius 3 is 2.74 bits per heavy atom. The van der Waals surface area contributed by atoms with E-state index in [4.69, 9.17) is 4.74 Å². The van der Waals surface area contributed by atoms with Crippen molar-refractivity contribution >= 4 is 23.3 Å². The summed E-state index contributed by atoms with van der Waals surface area (Å²) in [5.74, 6) is -1.17. The highest BCUT2D eigenvalue weighted by Gasteiger charge is 2.22. The monoisotopic (exact) mass is 375 g/mol. The molecule has 2 rings (SSSR count). The lowest BCUT2D eigenvalue weighted by Gasteiger charge is -2.15. The number of hydrogen-bond acceptors (Lipinski definition) is 6. The van der Waals surface area contributed by atoms with Crippen molar-refractivity contribution in [3.05, 3.63) is 45.5 Å². The molecular weight excluding hydrogens is 350 g/mol. The van der Waals surface area contributed by atoms with Crippen molar-refractivity contribution in [3.8, 4) is 0 Å². The SMILES string of the molecule is CNc1ccc(C(=O)OC(C)C(=O)NCCC2=CCCCC2)cc1[N+](=O)[O-]. The molecule has 8 nitrogen and oxygen atoms in total. The third-order valence-electron chi connectivity index (χ3n) is 4.48. The lowest BCUT2D eigenvalue weighted by Crippen LogP contribution is -2.36. The van der Waals surface area contributed by atoms with Crippen LogP contribution in [0.2, 0.25) is 0 Å². The summed E-state index contributed by atoms with van der Waals surface area (Å²) in [6.07, 6.45) is 6.60. The summed E-state index contributed by atoms with van der Waals surface area (Å²) in [7, 11) is 1.55. The van der Waals surface area contributed by atoms with E-state index in [0.29, 0.717) is 12.2 Å². The number of nitrogens with zero attached hydrogens (tertiary/aromatic N) is 1. The molecule has 1 atom stereocenters. The predicted molar refractivity (Wildman–Crippen MR) is 102 cm³/mol. The van der Waals surface area contributed by atoms with E-state index in [-0.39, 0.29) is 17.2 Å². The zero-order chi connectivity index (χ0) is 19.8. The Morgan fingerprint density at radius 2 is 2.11 bits per heavy atom. The maximum absolute atomic E-state index is 12.2. The maximum Gasteiger partial charge on any atom is 0.339 e. The number of esters is 1. The van der Waals surface area contributed by atoms with Crippen molar-refractivity contribution in [1.82, 2.24) is 5.32 Å². The van der Waals surface area contributed by atoms with Crippen molar-refractivity contribution in [2.45, 2.75) is 45.1 Å². The van der Waals surface area contributed by atoms with Crippen LogP contribution in [-0.4, -0.2) is 36.5 Å². The van der Waals surface area contributed by atoms with Gasteiger partial charge in [-0.3, -0.25) is 14.9 Å². The standard InChI is InChI=1S/C19H25N3O5/c1-13(18(23)21-11-10-14-6-4-3-5-7-14)27-19(24)15-8-9-16(20-2)17(12-15)22(25)26/h6,8-9,12-13,20H,3-5,7,10-11H2,1-2H3,(H,21,23). The largest absolute Gasteiger partial charge is 0.449 e. The van der Waals surface area contributed by atoms with Gasteiger partial charge < -0.3 is 15.4 Å². The Kier molecular flexibility index (Phi) is 7.34. The highest BCUT2D eigenvalue weighted by atomic mass is 16.6. The second-order valence-corrected chi connectivity index (χ2v) is 6.44. The lowest BCUT2D eigenvalue weighted by atomic mass is 9.97. The molecule has 8 heteroatoms. The molecule has 1 aromatic rings. The van der Waals surface area contributed by atoms with Crippen LogP contribution in [0.25, 0.3) is 0 Å². The number of amides is 1. The van der Waals surface area contributed by atoms with Gasteiger partial charge in [0.15, 0.2) is 6.10 Å². The number of hydrogen-bond donors (Lipinski definition) is 2. The molecule has 2 N–H and O–H groups in total. The Balaban J connectivity index is 1.88. The van der Waals surface area contributed by atoms with Crippen LogP contribution in [0.4, 0.5) is 11.4 Å². The number of nitro groups is 1. The van der Waals surface area contributed by atoms with Gasteiger partial charge in [0.25, 0.3) is 11.6 Å². The van der Waals surface area contributed by atoms with E-state index in [0.717, 1.165) is 25.3 Å². The van der Waals surface area contributed by atoms with Crippen LogP contribution in [-0.2, 0) is 9.53 Å². The number of allylic oxidation sites excluding steroid dienone is 1. The van der Waals surface area contributed by atoms with E-state index in [1.807, 2.05) is 0 Å². The van der Waals surface area contributed by atoms with Gasteiger partial charge in [0.05, 0.1) is 10.5 Å². The fraction of sp³-hybridized carbons (Fsp3) is 0.474. The molecule has 1 aliphatic rings. The minimum Gasteiger partial charge on any atom is -0.449 e. The molecular formula is C19H25N3O5. The quantitative estimate of drug-likeness (QED) is 0.312. The molecule has 0 heterocycles. The first-order valence-corrected chi connectivity index (χ1v) is 9.05. The first-order valence-electron chi connectivity index (χ1n) is 9.05. The van der Waals surface area contributed by atoms with Crippen molar-refractivity contribution in [1.29, 1.82) is 0 Å². The number of nitrogens with one attached hydrogen (secondary N) is 2. The van der Waals surface area contributed by atoms with Gasteiger partial charge in [-0.25, -0.2) is 4.79 Å². The van der Waals surface area contributed by atoms with Crippen LogP contribution in [0.1, 0.15) is 49.4 Å². The van der Waals surface area contributed by atoms with Gasteiger partial charge in [-0.15, -0.1) is 0 Å². The van der Waals surface area contributed by atoms with Crippen LogP contribution < -0.4 is 10.6 Å². The van der Waals surface area contributed by atoms with Gasteiger partial charge in [0.2, 0.25) is 0 Å². The first kappa shape index (κ1) is 20.4. The molecule has 0 saturated carbocycles. The van der Waals surface area contributed by atoms with Crippen LogP contribution >= 0.6 is 0 Å². The predicted octanol–water partition coefficient (Wildman–Crippen LogP) is 3.19. The second-order valence-electron chi connectivity index (χ2n) is 6.44. The summed E-state index contributed by atoms with van der Waals surface area (Å²) >= 11 is 0. The van der Waals surface area contributed by atoms with Crippen LogP contribution in [0.3, 0.4) is 0 Å². The molecule has 0 spiro atoms. The molecule has 0 radical (unpaired) electrons. The number of rotatable bonds is 8. The van der Waals surface area contributed by atoms with Gasteiger partial charge in [0, 0.05) is 19.7 Å². The molecule has 1 aliphatic carbocycles. The average molecular weight is 375 g/mol. The minimum absolute atomic E-state index is 0.0210. The van der Waals surface area contributed by atoms with Gasteiger partial charge in [-0.2, -0.15) is 0 Å². The molecule has 0 saturated heterocycles. The normalized spacial score (nSPS) is 14.7. The van der Waals surface area contributed by atoms with Crippen molar-refractivity contribution in [2.75, 3.05) is 18.9 Å². The topological polar surface area (TPSA) is 111 Å². The molecule has 0 fully saturated rings.